The molecule has 1 aromatic carbocycles. The monoisotopic (exact) mass is 263 g/mol. The number of likely N-dealkylation sites (tertiary alicyclic amines) is 1. The summed E-state index contributed by atoms with van der Waals surface area (Å²) >= 11 is 0. The summed E-state index contributed by atoms with van der Waals surface area (Å²) in [5.41, 5.74) is 0.823. The summed E-state index contributed by atoms with van der Waals surface area (Å²) in [5.74, 6) is 0.956. The molecule has 0 bridgehead atoms. The SMILES string of the molecule is CCCOc1ccc(C(O)CN2CCCC2=O)cc1. The quantitative estimate of drug-likeness (QED) is 0.855. The number of aliphatic hydroxyl groups is 1. The van der Waals surface area contributed by atoms with E-state index in [2.05, 4.69) is 6.92 Å². The van der Waals surface area contributed by atoms with Crippen molar-refractivity contribution in [3.8, 4) is 5.75 Å². The number of nitrogens with zero attached hydrogens (tertiary/aromatic N) is 1. The van der Waals surface area contributed by atoms with Crippen LogP contribution in [0.5, 0.6) is 5.75 Å². The van der Waals surface area contributed by atoms with Gasteiger partial charge in [-0.25, -0.2) is 0 Å². The fourth-order valence-corrected chi connectivity index (χ4v) is 2.22. The zero-order valence-corrected chi connectivity index (χ0v) is 11.3. The largest absolute Gasteiger partial charge is 0.494 e. The highest BCUT2D eigenvalue weighted by Gasteiger charge is 2.23. The maximum Gasteiger partial charge on any atom is 0.222 e. The number of hydrogen-bond donors (Lipinski definition) is 1. The Morgan fingerprint density at radius 1 is 1.37 bits per heavy atom. The molecule has 1 heterocycles. The van der Waals surface area contributed by atoms with Crippen molar-refractivity contribution in [2.45, 2.75) is 32.3 Å². The van der Waals surface area contributed by atoms with Crippen LogP contribution in [-0.4, -0.2) is 35.6 Å². The van der Waals surface area contributed by atoms with E-state index in [0.29, 0.717) is 19.6 Å². The summed E-state index contributed by atoms with van der Waals surface area (Å²) in [5, 5.41) is 10.1. The first-order valence-corrected chi connectivity index (χ1v) is 6.89. The van der Waals surface area contributed by atoms with Crippen LogP contribution in [0.15, 0.2) is 24.3 Å². The van der Waals surface area contributed by atoms with Crippen LogP contribution in [0.25, 0.3) is 0 Å². The van der Waals surface area contributed by atoms with Gasteiger partial charge in [0.1, 0.15) is 5.75 Å². The van der Waals surface area contributed by atoms with Crippen molar-refractivity contribution < 1.29 is 14.6 Å². The van der Waals surface area contributed by atoms with Crippen LogP contribution in [0.3, 0.4) is 0 Å². The second kappa shape index (κ2) is 6.57. The van der Waals surface area contributed by atoms with Gasteiger partial charge in [-0.3, -0.25) is 4.79 Å². The van der Waals surface area contributed by atoms with Gasteiger partial charge in [0.15, 0.2) is 0 Å². The molecule has 1 amide bonds. The highest BCUT2D eigenvalue weighted by molar-refractivity contribution is 5.78. The normalized spacial score (nSPS) is 16.7. The van der Waals surface area contributed by atoms with E-state index in [-0.39, 0.29) is 5.91 Å². The smallest absolute Gasteiger partial charge is 0.222 e. The van der Waals surface area contributed by atoms with E-state index in [9.17, 15) is 9.90 Å². The summed E-state index contributed by atoms with van der Waals surface area (Å²) in [7, 11) is 0. The van der Waals surface area contributed by atoms with Gasteiger partial charge >= 0.3 is 0 Å². The second-order valence-electron chi connectivity index (χ2n) is 4.88. The second-order valence-corrected chi connectivity index (χ2v) is 4.88. The number of carbonyl (C=O) groups is 1. The minimum Gasteiger partial charge on any atom is -0.494 e. The number of benzene rings is 1. The summed E-state index contributed by atoms with van der Waals surface area (Å²) in [6, 6.07) is 7.44. The van der Waals surface area contributed by atoms with E-state index in [1.54, 1.807) is 4.90 Å². The Morgan fingerprint density at radius 2 is 2.11 bits per heavy atom. The zero-order chi connectivity index (χ0) is 13.7. The van der Waals surface area contributed by atoms with Gasteiger partial charge < -0.3 is 14.7 Å². The van der Waals surface area contributed by atoms with Crippen molar-refractivity contribution in [3.63, 3.8) is 0 Å². The molecular weight excluding hydrogens is 242 g/mol. The maximum absolute atomic E-state index is 11.5. The Morgan fingerprint density at radius 3 is 2.68 bits per heavy atom. The predicted octanol–water partition coefficient (Wildman–Crippen LogP) is 2.13. The van der Waals surface area contributed by atoms with Crippen LogP contribution in [0, 0.1) is 0 Å². The number of ether oxygens (including phenoxy) is 1. The van der Waals surface area contributed by atoms with Gasteiger partial charge in [0.25, 0.3) is 0 Å². The van der Waals surface area contributed by atoms with E-state index in [0.717, 1.165) is 30.7 Å². The summed E-state index contributed by atoms with van der Waals surface area (Å²) in [6.45, 7) is 3.90. The third-order valence-corrected chi connectivity index (χ3v) is 3.30. The van der Waals surface area contributed by atoms with E-state index in [4.69, 9.17) is 4.74 Å². The molecule has 2 rings (SSSR count). The Hall–Kier alpha value is -1.55. The Balaban J connectivity index is 1.91. The molecule has 0 saturated carbocycles. The van der Waals surface area contributed by atoms with Gasteiger partial charge in [0, 0.05) is 13.0 Å². The predicted molar refractivity (Wildman–Crippen MR) is 73.0 cm³/mol. The number of rotatable bonds is 6. The molecule has 19 heavy (non-hydrogen) atoms. The van der Waals surface area contributed by atoms with Gasteiger partial charge in [-0.2, -0.15) is 0 Å². The lowest BCUT2D eigenvalue weighted by molar-refractivity contribution is -0.128. The maximum atomic E-state index is 11.5. The average molecular weight is 263 g/mol. The highest BCUT2D eigenvalue weighted by Crippen LogP contribution is 2.21. The summed E-state index contributed by atoms with van der Waals surface area (Å²) in [4.78, 5) is 13.2. The molecule has 1 saturated heterocycles. The third-order valence-electron chi connectivity index (χ3n) is 3.30. The van der Waals surface area contributed by atoms with Gasteiger partial charge in [-0.1, -0.05) is 19.1 Å². The van der Waals surface area contributed by atoms with E-state index >= 15 is 0 Å². The van der Waals surface area contributed by atoms with Crippen molar-refractivity contribution in [3.05, 3.63) is 29.8 Å². The van der Waals surface area contributed by atoms with Crippen LogP contribution in [0.1, 0.15) is 37.9 Å². The fourth-order valence-electron chi connectivity index (χ4n) is 2.22. The molecule has 0 radical (unpaired) electrons. The fraction of sp³-hybridized carbons (Fsp3) is 0.533. The molecule has 1 N–H and O–H groups in total. The average Bonchev–Trinajstić information content (AvgIpc) is 2.82. The minimum absolute atomic E-state index is 0.141. The van der Waals surface area contributed by atoms with Crippen LogP contribution in [-0.2, 0) is 4.79 Å². The molecule has 4 heteroatoms. The van der Waals surface area contributed by atoms with Crippen molar-refractivity contribution in [2.75, 3.05) is 19.7 Å². The van der Waals surface area contributed by atoms with E-state index in [1.807, 2.05) is 24.3 Å². The van der Waals surface area contributed by atoms with Gasteiger partial charge in [-0.15, -0.1) is 0 Å². The molecule has 1 unspecified atom stereocenters. The molecule has 0 spiro atoms. The Bertz CT molecular complexity index is 416. The van der Waals surface area contributed by atoms with E-state index in [1.165, 1.54) is 0 Å². The molecule has 0 aromatic heterocycles. The minimum atomic E-state index is -0.623. The van der Waals surface area contributed by atoms with Crippen LogP contribution in [0.2, 0.25) is 0 Å². The van der Waals surface area contributed by atoms with Crippen LogP contribution < -0.4 is 4.74 Å². The lowest BCUT2D eigenvalue weighted by Crippen LogP contribution is -2.29. The van der Waals surface area contributed by atoms with Crippen molar-refractivity contribution in [1.29, 1.82) is 0 Å². The summed E-state index contributed by atoms with van der Waals surface area (Å²) in [6.07, 6.45) is 1.86. The number of carbonyl (C=O) groups excluding carboxylic acids is 1. The Labute approximate surface area is 114 Å². The molecule has 4 nitrogen and oxygen atoms in total. The van der Waals surface area contributed by atoms with E-state index < -0.39 is 6.10 Å². The summed E-state index contributed by atoms with van der Waals surface area (Å²) < 4.78 is 5.49. The van der Waals surface area contributed by atoms with Crippen molar-refractivity contribution in [1.82, 2.24) is 4.90 Å². The lowest BCUT2D eigenvalue weighted by atomic mass is 10.1. The molecular formula is C15H21NO3. The molecule has 1 fully saturated rings. The lowest BCUT2D eigenvalue weighted by Gasteiger charge is -2.20. The topological polar surface area (TPSA) is 49.8 Å². The molecule has 1 aliphatic rings. The zero-order valence-electron chi connectivity index (χ0n) is 11.3. The third kappa shape index (κ3) is 3.70. The molecule has 104 valence electrons. The number of hydrogen-bond acceptors (Lipinski definition) is 3. The first kappa shape index (κ1) is 13.9. The van der Waals surface area contributed by atoms with Crippen LogP contribution in [0.4, 0.5) is 0 Å². The van der Waals surface area contributed by atoms with Gasteiger partial charge in [0.05, 0.1) is 19.3 Å². The molecule has 1 aliphatic heterocycles. The number of β-amino-alcohol motifs (C(OH)–C–C–N with tert-alkyl or cyclic N) is 1. The van der Waals surface area contributed by atoms with Crippen molar-refractivity contribution >= 4 is 5.91 Å². The van der Waals surface area contributed by atoms with Crippen molar-refractivity contribution in [2.24, 2.45) is 0 Å². The Kier molecular flexibility index (Phi) is 4.80. The molecule has 1 aromatic rings. The van der Waals surface area contributed by atoms with Crippen LogP contribution >= 0.6 is 0 Å². The first-order valence-electron chi connectivity index (χ1n) is 6.89. The van der Waals surface area contributed by atoms with Gasteiger partial charge in [-0.05, 0) is 30.5 Å². The first-order chi connectivity index (χ1) is 9.20. The number of aliphatic hydroxyl groups excluding tert-OH is 1. The molecule has 0 aliphatic carbocycles. The van der Waals surface area contributed by atoms with Gasteiger partial charge in [0.2, 0.25) is 5.91 Å². The number of amides is 1. The standard InChI is InChI=1S/C15H21NO3/c1-2-10-19-13-7-5-12(6-8-13)14(17)11-16-9-3-4-15(16)18/h5-8,14,17H,2-4,9-11H2,1H3. The molecule has 1 atom stereocenters. The highest BCUT2D eigenvalue weighted by atomic mass is 16.5.